The van der Waals surface area contributed by atoms with Crippen LogP contribution in [-0.2, 0) is 9.53 Å². The van der Waals surface area contributed by atoms with E-state index in [9.17, 15) is 9.59 Å². The summed E-state index contributed by atoms with van der Waals surface area (Å²) in [4.78, 5) is 26.9. The minimum Gasteiger partial charge on any atom is -0.466 e. The van der Waals surface area contributed by atoms with Gasteiger partial charge in [-0.15, -0.1) is 0 Å². The highest BCUT2D eigenvalue weighted by Gasteiger charge is 2.40. The zero-order chi connectivity index (χ0) is 18.1. The van der Waals surface area contributed by atoms with E-state index in [2.05, 4.69) is 11.0 Å². The summed E-state index contributed by atoms with van der Waals surface area (Å²) >= 11 is 3.30. The molecule has 6 heteroatoms. The molecule has 0 radical (unpaired) electrons. The summed E-state index contributed by atoms with van der Waals surface area (Å²) in [5.41, 5.74) is 3.74. The lowest BCUT2D eigenvalue weighted by Crippen LogP contribution is -2.25. The number of benzene rings is 2. The SMILES string of the molecule is CSC1/C(=C2/Sc3ccccc3N2CCOC=O)C(=O)c2ccccc21. The maximum atomic E-state index is 13.2. The predicted octanol–water partition coefficient (Wildman–Crippen LogP) is 4.28. The Balaban J connectivity index is 1.82. The van der Waals surface area contributed by atoms with Crippen LogP contribution < -0.4 is 4.90 Å². The third kappa shape index (κ3) is 2.73. The molecule has 0 aromatic heterocycles. The van der Waals surface area contributed by atoms with E-state index in [1.54, 1.807) is 23.5 Å². The highest BCUT2D eigenvalue weighted by Crippen LogP contribution is 2.53. The lowest BCUT2D eigenvalue weighted by molar-refractivity contribution is -0.128. The van der Waals surface area contributed by atoms with Gasteiger partial charge in [-0.05, 0) is 24.0 Å². The molecule has 26 heavy (non-hydrogen) atoms. The van der Waals surface area contributed by atoms with Crippen LogP contribution in [0.2, 0.25) is 0 Å². The van der Waals surface area contributed by atoms with Crippen molar-refractivity contribution in [2.75, 3.05) is 24.3 Å². The standard InChI is InChI=1S/C20H17NO3S2/c1-25-19-14-7-3-2-6-13(14)18(23)17(19)20-21(10-11-24-12-22)15-8-4-5-9-16(15)26-20/h2-9,12,19H,10-11H2,1H3/b20-17+. The number of ketones is 1. The van der Waals surface area contributed by atoms with Gasteiger partial charge in [-0.25, -0.2) is 0 Å². The van der Waals surface area contributed by atoms with Gasteiger partial charge in [-0.2, -0.15) is 11.8 Å². The summed E-state index contributed by atoms with van der Waals surface area (Å²) in [6.07, 6.45) is 2.03. The zero-order valence-corrected chi connectivity index (χ0v) is 15.8. The Bertz CT molecular complexity index is 909. The number of hydrogen-bond acceptors (Lipinski definition) is 6. The van der Waals surface area contributed by atoms with E-state index >= 15 is 0 Å². The number of thioether (sulfide) groups is 2. The minimum absolute atomic E-state index is 0.0185. The van der Waals surface area contributed by atoms with E-state index in [4.69, 9.17) is 4.74 Å². The van der Waals surface area contributed by atoms with Gasteiger partial charge in [0.15, 0.2) is 5.78 Å². The number of nitrogens with zero attached hydrogens (tertiary/aromatic N) is 1. The molecule has 2 aromatic rings. The van der Waals surface area contributed by atoms with Crippen molar-refractivity contribution in [3.8, 4) is 0 Å². The number of hydrogen-bond donors (Lipinski definition) is 0. The molecule has 2 aromatic carbocycles. The average molecular weight is 383 g/mol. The minimum atomic E-state index is 0.0185. The molecule has 132 valence electrons. The summed E-state index contributed by atoms with van der Waals surface area (Å²) in [6, 6.07) is 15.9. The van der Waals surface area contributed by atoms with Crippen molar-refractivity contribution in [1.29, 1.82) is 0 Å². The van der Waals surface area contributed by atoms with Crippen LogP contribution in [0.25, 0.3) is 0 Å². The molecule has 1 aliphatic heterocycles. The van der Waals surface area contributed by atoms with Gasteiger partial charge in [-0.3, -0.25) is 9.59 Å². The van der Waals surface area contributed by atoms with Gasteiger partial charge in [-0.1, -0.05) is 48.2 Å². The molecule has 0 saturated carbocycles. The molecule has 4 rings (SSSR count). The Morgan fingerprint density at radius 1 is 1.19 bits per heavy atom. The fourth-order valence-corrected chi connectivity index (χ4v) is 5.70. The van der Waals surface area contributed by atoms with Gasteiger partial charge >= 0.3 is 0 Å². The average Bonchev–Trinajstić information content (AvgIpc) is 3.17. The van der Waals surface area contributed by atoms with E-state index in [0.29, 0.717) is 13.0 Å². The van der Waals surface area contributed by atoms with Crippen molar-refractivity contribution in [3.05, 3.63) is 70.3 Å². The van der Waals surface area contributed by atoms with Crippen LogP contribution in [0.3, 0.4) is 0 Å². The second kappa shape index (κ2) is 7.21. The monoisotopic (exact) mass is 383 g/mol. The Morgan fingerprint density at radius 3 is 2.77 bits per heavy atom. The maximum Gasteiger partial charge on any atom is 0.293 e. The molecule has 4 nitrogen and oxygen atoms in total. The molecule has 0 saturated heterocycles. The van der Waals surface area contributed by atoms with Crippen LogP contribution in [-0.4, -0.2) is 31.7 Å². The topological polar surface area (TPSA) is 46.6 Å². The van der Waals surface area contributed by atoms with Crippen LogP contribution in [0, 0.1) is 0 Å². The third-order valence-corrected chi connectivity index (χ3v) is 6.73. The number of anilines is 1. The maximum absolute atomic E-state index is 13.2. The quantitative estimate of drug-likeness (QED) is 0.436. The van der Waals surface area contributed by atoms with E-state index in [-0.39, 0.29) is 17.6 Å². The van der Waals surface area contributed by atoms with Crippen molar-refractivity contribution in [2.24, 2.45) is 0 Å². The van der Waals surface area contributed by atoms with Gasteiger partial charge < -0.3 is 9.64 Å². The number of carbonyl (C=O) groups is 2. The first-order valence-electron chi connectivity index (χ1n) is 8.26. The van der Waals surface area contributed by atoms with Crippen molar-refractivity contribution in [1.82, 2.24) is 0 Å². The Labute approximate surface area is 160 Å². The second-order valence-electron chi connectivity index (χ2n) is 5.94. The summed E-state index contributed by atoms with van der Waals surface area (Å²) in [5, 5.41) is 0.964. The highest BCUT2D eigenvalue weighted by atomic mass is 32.2. The largest absolute Gasteiger partial charge is 0.466 e. The summed E-state index contributed by atoms with van der Waals surface area (Å²) in [7, 11) is 0. The molecule has 0 bridgehead atoms. The first kappa shape index (κ1) is 17.2. The van der Waals surface area contributed by atoms with Crippen LogP contribution in [0.1, 0.15) is 21.2 Å². The number of ether oxygens (including phenoxy) is 1. The Hall–Kier alpha value is -2.18. The fraction of sp³-hybridized carbons (Fsp3) is 0.200. The van der Waals surface area contributed by atoms with E-state index in [0.717, 1.165) is 32.3 Å². The van der Waals surface area contributed by atoms with Gasteiger partial charge in [0.1, 0.15) is 6.61 Å². The molecule has 1 atom stereocenters. The molecule has 1 heterocycles. The normalized spacial score (nSPS) is 20.9. The molecule has 1 unspecified atom stereocenters. The molecular weight excluding hydrogens is 366 g/mol. The van der Waals surface area contributed by atoms with Gasteiger partial charge in [0, 0.05) is 16.0 Å². The first-order chi connectivity index (χ1) is 12.8. The van der Waals surface area contributed by atoms with Gasteiger partial charge in [0.25, 0.3) is 6.47 Å². The van der Waals surface area contributed by atoms with Gasteiger partial charge in [0.2, 0.25) is 0 Å². The van der Waals surface area contributed by atoms with E-state index in [1.165, 1.54) is 0 Å². The molecule has 0 amide bonds. The zero-order valence-electron chi connectivity index (χ0n) is 14.2. The van der Waals surface area contributed by atoms with Crippen molar-refractivity contribution in [2.45, 2.75) is 10.1 Å². The number of rotatable bonds is 5. The lowest BCUT2D eigenvalue weighted by atomic mass is 10.1. The van der Waals surface area contributed by atoms with E-state index < -0.39 is 0 Å². The smallest absolute Gasteiger partial charge is 0.293 e. The predicted molar refractivity (Wildman–Crippen MR) is 106 cm³/mol. The van der Waals surface area contributed by atoms with Crippen LogP contribution >= 0.6 is 23.5 Å². The molecule has 1 aliphatic carbocycles. The Kier molecular flexibility index (Phi) is 4.78. The summed E-state index contributed by atoms with van der Waals surface area (Å²) < 4.78 is 4.92. The number of fused-ring (bicyclic) bond motifs is 2. The summed E-state index contributed by atoms with van der Waals surface area (Å²) in [5.74, 6) is 0.0940. The van der Waals surface area contributed by atoms with Gasteiger partial charge in [0.05, 0.1) is 22.5 Å². The molecular formula is C20H17NO3S2. The third-order valence-electron chi connectivity index (χ3n) is 4.57. The molecule has 0 fully saturated rings. The van der Waals surface area contributed by atoms with Crippen LogP contribution in [0.5, 0.6) is 0 Å². The van der Waals surface area contributed by atoms with Crippen LogP contribution in [0.15, 0.2) is 64.0 Å². The molecule has 2 aliphatic rings. The highest BCUT2D eigenvalue weighted by molar-refractivity contribution is 8.04. The van der Waals surface area contributed by atoms with E-state index in [1.807, 2.05) is 48.7 Å². The first-order valence-corrected chi connectivity index (χ1v) is 10.4. The van der Waals surface area contributed by atoms with Crippen molar-refractivity contribution in [3.63, 3.8) is 0 Å². The molecule has 0 N–H and O–H groups in total. The molecule has 0 spiro atoms. The van der Waals surface area contributed by atoms with Crippen LogP contribution in [0.4, 0.5) is 5.69 Å². The Morgan fingerprint density at radius 2 is 1.96 bits per heavy atom. The lowest BCUT2D eigenvalue weighted by Gasteiger charge is -2.23. The number of carbonyl (C=O) groups excluding carboxylic acids is 2. The fourth-order valence-electron chi connectivity index (χ4n) is 3.46. The van der Waals surface area contributed by atoms with Crippen molar-refractivity contribution < 1.29 is 14.3 Å². The number of para-hydroxylation sites is 1. The second-order valence-corrected chi connectivity index (χ2v) is 7.91. The summed E-state index contributed by atoms with van der Waals surface area (Å²) in [6.45, 7) is 1.26. The number of Topliss-reactive ketones (excluding diaryl/α,β-unsaturated/α-hetero) is 1. The van der Waals surface area contributed by atoms with Crippen molar-refractivity contribution >= 4 is 41.5 Å².